The summed E-state index contributed by atoms with van der Waals surface area (Å²) in [6.45, 7) is 3.61. The topological polar surface area (TPSA) is 153 Å². The number of rotatable bonds is 9. The Morgan fingerprint density at radius 2 is 1.79 bits per heavy atom. The Morgan fingerprint density at radius 1 is 1.08 bits per heavy atom. The first-order valence-electron chi connectivity index (χ1n) is 11.1. The maximum absolute atomic E-state index is 14.0. The van der Waals surface area contributed by atoms with Crippen molar-refractivity contribution in [1.29, 1.82) is 0 Å². The number of benzene rings is 2. The van der Waals surface area contributed by atoms with Crippen molar-refractivity contribution in [2.45, 2.75) is 29.7 Å². The summed E-state index contributed by atoms with van der Waals surface area (Å²) in [7, 11) is -0.252. The van der Waals surface area contributed by atoms with Gasteiger partial charge in [0.1, 0.15) is 22.8 Å². The summed E-state index contributed by atoms with van der Waals surface area (Å²) >= 11 is -1.98. The van der Waals surface area contributed by atoms with E-state index in [1.54, 1.807) is 25.3 Å². The molecule has 2 heterocycles. The molecule has 1 unspecified atom stereocenters. The van der Waals surface area contributed by atoms with Gasteiger partial charge in [0.2, 0.25) is 0 Å². The van der Waals surface area contributed by atoms with Crippen LogP contribution in [0.1, 0.15) is 27.2 Å². The van der Waals surface area contributed by atoms with Crippen LogP contribution >= 0.6 is 0 Å². The van der Waals surface area contributed by atoms with Crippen LogP contribution in [0, 0.1) is 13.8 Å². The number of methoxy groups -OCH3 is 3. The summed E-state index contributed by atoms with van der Waals surface area (Å²) in [5, 5.41) is 9.33. The number of carbonyl (C=O) groups is 1. The summed E-state index contributed by atoms with van der Waals surface area (Å²) in [6.07, 6.45) is 1.59. The summed E-state index contributed by atoms with van der Waals surface area (Å²) in [5.41, 5.74) is 1.97. The molecule has 0 aliphatic carbocycles. The number of hydrogen-bond donors (Lipinski definition) is 1. The molecule has 0 bridgehead atoms. The van der Waals surface area contributed by atoms with Gasteiger partial charge in [-0.25, -0.2) is 13.2 Å². The zero-order valence-electron chi connectivity index (χ0n) is 21.2. The van der Waals surface area contributed by atoms with Gasteiger partial charge in [0, 0.05) is 34.6 Å². The zero-order valence-corrected chi connectivity index (χ0v) is 22.8. The molecule has 4 rings (SSSR count). The fourth-order valence-electron chi connectivity index (χ4n) is 4.04. The van der Waals surface area contributed by atoms with Crippen molar-refractivity contribution in [2.75, 3.05) is 21.3 Å². The molecule has 1 N–H and O–H groups in total. The van der Waals surface area contributed by atoms with E-state index in [1.807, 2.05) is 6.92 Å². The molecule has 11 nitrogen and oxygen atoms in total. The molecule has 0 saturated heterocycles. The van der Waals surface area contributed by atoms with E-state index in [4.69, 9.17) is 14.2 Å². The van der Waals surface area contributed by atoms with E-state index in [-0.39, 0.29) is 67.7 Å². The average molecular weight is 584 g/mol. The van der Waals surface area contributed by atoms with Gasteiger partial charge in [-0.05, 0) is 44.2 Å². The number of carboxylic acids is 1. The summed E-state index contributed by atoms with van der Waals surface area (Å²) < 4.78 is 58.2. The van der Waals surface area contributed by atoms with Gasteiger partial charge in [0.05, 0.1) is 43.0 Å². The number of imidazole rings is 1. The van der Waals surface area contributed by atoms with Crippen LogP contribution in [0.15, 0.2) is 52.6 Å². The Hall–Kier alpha value is -2.81. The third-order valence-electron chi connectivity index (χ3n) is 5.95. The van der Waals surface area contributed by atoms with Gasteiger partial charge in [-0.3, -0.25) is 4.98 Å². The van der Waals surface area contributed by atoms with Crippen molar-refractivity contribution in [3.05, 3.63) is 65.0 Å². The Kier molecular flexibility index (Phi) is 9.57. The van der Waals surface area contributed by atoms with Crippen LogP contribution < -0.4 is 14.2 Å². The SMILES string of the molecule is COc1ccc2nc([S+]([O-])Cc3ncc(C)c(OC)c3C)n(S(=O)(=O)c3ccc(OC)c(C(=O)O)c3)c2c1.[NaH]. The van der Waals surface area contributed by atoms with Gasteiger partial charge in [-0.15, -0.1) is 0 Å². The molecule has 0 saturated carbocycles. The van der Waals surface area contributed by atoms with E-state index in [0.29, 0.717) is 22.8 Å². The van der Waals surface area contributed by atoms with Crippen molar-refractivity contribution in [2.24, 2.45) is 0 Å². The van der Waals surface area contributed by atoms with E-state index >= 15 is 0 Å². The standard InChI is InChI=1S/C25H25N3O8S2.Na.H/c1-14-12-26-20(15(2)23(14)36-5)13-37(31)25-27-19-8-6-16(34-3)10-21(19)28(25)38(32,33)17-7-9-22(35-4)18(11-17)24(29)30;;/h6-12H,13H2,1-5H3,(H,29,30);;. The first kappa shape index (κ1) is 30.7. The molecule has 2 aromatic heterocycles. The number of aromatic carboxylic acids is 1. The van der Waals surface area contributed by atoms with Crippen LogP contribution in [0.3, 0.4) is 0 Å². The van der Waals surface area contributed by atoms with Crippen LogP contribution in [0.4, 0.5) is 0 Å². The fourth-order valence-corrected chi connectivity index (χ4v) is 7.10. The predicted molar refractivity (Wildman–Crippen MR) is 146 cm³/mol. The number of hydrogen-bond acceptors (Lipinski definition) is 9. The van der Waals surface area contributed by atoms with Crippen molar-refractivity contribution in [1.82, 2.24) is 13.9 Å². The number of fused-ring (bicyclic) bond motifs is 1. The van der Waals surface area contributed by atoms with Crippen LogP contribution in [0.2, 0.25) is 0 Å². The summed E-state index contributed by atoms with van der Waals surface area (Å²) in [4.78, 5) is 20.2. The Balaban J connectivity index is 0.00000420. The van der Waals surface area contributed by atoms with Crippen LogP contribution in [0.5, 0.6) is 17.2 Å². The van der Waals surface area contributed by atoms with Crippen molar-refractivity contribution in [3.63, 3.8) is 0 Å². The van der Waals surface area contributed by atoms with E-state index < -0.39 is 27.2 Å². The summed E-state index contributed by atoms with van der Waals surface area (Å²) in [5.74, 6) is -0.561. The number of nitrogens with zero attached hydrogens (tertiary/aromatic N) is 3. The van der Waals surface area contributed by atoms with Gasteiger partial charge in [-0.2, -0.15) is 8.96 Å². The number of aromatic nitrogens is 3. The number of pyridine rings is 1. The Bertz CT molecular complexity index is 1660. The van der Waals surface area contributed by atoms with Gasteiger partial charge in [-0.1, -0.05) is 0 Å². The van der Waals surface area contributed by atoms with E-state index in [9.17, 15) is 22.9 Å². The molecule has 2 aromatic carbocycles. The second kappa shape index (κ2) is 12.1. The van der Waals surface area contributed by atoms with Crippen LogP contribution in [0.25, 0.3) is 11.0 Å². The minimum absolute atomic E-state index is 0. The van der Waals surface area contributed by atoms with Crippen molar-refractivity contribution in [3.8, 4) is 17.2 Å². The predicted octanol–water partition coefficient (Wildman–Crippen LogP) is 2.67. The normalized spacial score (nSPS) is 12.1. The third-order valence-corrected chi connectivity index (χ3v) is 8.98. The number of aryl methyl sites for hydroxylation is 1. The first-order valence-corrected chi connectivity index (χ1v) is 13.9. The first-order chi connectivity index (χ1) is 18.0. The zero-order chi connectivity index (χ0) is 27.8. The van der Waals surface area contributed by atoms with Gasteiger partial charge in [0.25, 0.3) is 10.0 Å². The van der Waals surface area contributed by atoms with Crippen molar-refractivity contribution >= 4 is 67.8 Å². The molecule has 202 valence electrons. The quantitative estimate of drug-likeness (QED) is 0.230. The molecule has 0 spiro atoms. The van der Waals surface area contributed by atoms with E-state index in [1.165, 1.54) is 39.5 Å². The average Bonchev–Trinajstić information content (AvgIpc) is 3.29. The molecule has 0 aliphatic rings. The van der Waals surface area contributed by atoms with Crippen molar-refractivity contribution < 1.29 is 37.1 Å². The minimum atomic E-state index is -4.48. The molecule has 0 amide bonds. The molecular formula is C25H26N3NaO8S2. The fraction of sp³-hybridized carbons (Fsp3) is 0.240. The molecule has 39 heavy (non-hydrogen) atoms. The second-order valence-corrected chi connectivity index (χ2v) is 11.4. The molecular weight excluding hydrogens is 557 g/mol. The van der Waals surface area contributed by atoms with Gasteiger partial charge >= 0.3 is 40.7 Å². The van der Waals surface area contributed by atoms with Gasteiger partial charge in [0.15, 0.2) is 5.75 Å². The molecule has 0 fully saturated rings. The van der Waals surface area contributed by atoms with Crippen LogP contribution in [-0.4, -0.2) is 88.9 Å². The molecule has 0 radical (unpaired) electrons. The molecule has 0 aliphatic heterocycles. The third kappa shape index (κ3) is 5.74. The number of carboxylic acid groups (broad SMARTS) is 1. The number of ether oxygens (including phenoxy) is 3. The summed E-state index contributed by atoms with van der Waals surface area (Å²) in [6, 6.07) is 8.07. The molecule has 14 heteroatoms. The monoisotopic (exact) mass is 583 g/mol. The second-order valence-electron chi connectivity index (χ2n) is 8.22. The molecule has 4 aromatic rings. The van der Waals surface area contributed by atoms with Crippen LogP contribution in [-0.2, 0) is 27.0 Å². The maximum atomic E-state index is 14.0. The Labute approximate surface area is 250 Å². The van der Waals surface area contributed by atoms with E-state index in [2.05, 4.69) is 9.97 Å². The van der Waals surface area contributed by atoms with E-state index in [0.717, 1.165) is 15.6 Å². The Morgan fingerprint density at radius 3 is 2.41 bits per heavy atom. The van der Waals surface area contributed by atoms with Gasteiger partial charge < -0.3 is 23.9 Å². The molecule has 1 atom stereocenters.